The molecule has 1 heterocycles. The molecule has 0 N–H and O–H groups in total. The van der Waals surface area contributed by atoms with Gasteiger partial charge in [-0.3, -0.25) is 9.59 Å². The van der Waals surface area contributed by atoms with Crippen molar-refractivity contribution in [2.75, 3.05) is 7.11 Å². The van der Waals surface area contributed by atoms with Crippen molar-refractivity contribution in [1.82, 2.24) is 4.57 Å². The summed E-state index contributed by atoms with van der Waals surface area (Å²) in [6.45, 7) is -0.0782. The minimum absolute atomic E-state index is 0.0248. The van der Waals surface area contributed by atoms with E-state index in [9.17, 15) is 9.59 Å². The zero-order valence-electron chi connectivity index (χ0n) is 10.7. The highest BCUT2D eigenvalue weighted by Crippen LogP contribution is 2.24. The van der Waals surface area contributed by atoms with E-state index in [2.05, 4.69) is 15.9 Å². The highest BCUT2D eigenvalue weighted by molar-refractivity contribution is 9.10. The first-order valence-electron chi connectivity index (χ1n) is 6.18. The van der Waals surface area contributed by atoms with E-state index in [-0.39, 0.29) is 24.3 Å². The predicted octanol–water partition coefficient (Wildman–Crippen LogP) is 1.72. The molecular formula is C13H16BrNO4. The van der Waals surface area contributed by atoms with E-state index >= 15 is 0 Å². The summed E-state index contributed by atoms with van der Waals surface area (Å²) in [5.74, 6) is -0.408. The smallest absolute Gasteiger partial charge is 0.326 e. The van der Waals surface area contributed by atoms with Gasteiger partial charge >= 0.3 is 5.97 Å². The van der Waals surface area contributed by atoms with Crippen molar-refractivity contribution in [2.24, 2.45) is 0 Å². The van der Waals surface area contributed by atoms with E-state index in [1.807, 2.05) is 0 Å². The van der Waals surface area contributed by atoms with E-state index in [4.69, 9.17) is 9.47 Å². The van der Waals surface area contributed by atoms with E-state index < -0.39 is 5.97 Å². The molecule has 1 aromatic rings. The Balaban J connectivity index is 1.97. The number of esters is 1. The number of rotatable bonds is 4. The van der Waals surface area contributed by atoms with Gasteiger partial charge in [0.1, 0.15) is 12.6 Å². The number of methoxy groups -OCH3 is 1. The minimum Gasteiger partial charge on any atom is -0.458 e. The lowest BCUT2D eigenvalue weighted by Crippen LogP contribution is -2.31. The number of hydrogen-bond donors (Lipinski definition) is 0. The number of ether oxygens (including phenoxy) is 2. The zero-order valence-corrected chi connectivity index (χ0v) is 12.3. The van der Waals surface area contributed by atoms with E-state index in [1.54, 1.807) is 19.4 Å². The number of pyridine rings is 1. The monoisotopic (exact) mass is 329 g/mol. The molecule has 19 heavy (non-hydrogen) atoms. The number of carbonyl (C=O) groups excluding carboxylic acids is 1. The second-order valence-corrected chi connectivity index (χ2v) is 5.46. The quantitative estimate of drug-likeness (QED) is 0.789. The molecule has 0 unspecified atom stereocenters. The fourth-order valence-electron chi connectivity index (χ4n) is 2.27. The molecule has 0 saturated heterocycles. The second kappa shape index (κ2) is 6.34. The van der Waals surface area contributed by atoms with Gasteiger partial charge in [0, 0.05) is 23.8 Å². The van der Waals surface area contributed by atoms with E-state index in [0.717, 1.165) is 23.7 Å². The maximum Gasteiger partial charge on any atom is 0.326 e. The van der Waals surface area contributed by atoms with Gasteiger partial charge in [-0.1, -0.05) is 0 Å². The molecule has 0 aromatic carbocycles. The van der Waals surface area contributed by atoms with E-state index in [1.165, 1.54) is 10.6 Å². The third kappa shape index (κ3) is 3.67. The molecule has 1 aromatic heterocycles. The van der Waals surface area contributed by atoms with Gasteiger partial charge < -0.3 is 14.0 Å². The average Bonchev–Trinajstić information content (AvgIpc) is 2.81. The number of carbonyl (C=O) groups is 1. The lowest BCUT2D eigenvalue weighted by atomic mass is 10.2. The van der Waals surface area contributed by atoms with Crippen LogP contribution in [0.1, 0.15) is 19.3 Å². The molecule has 1 fully saturated rings. The van der Waals surface area contributed by atoms with Crippen LogP contribution in [0.15, 0.2) is 27.6 Å². The molecule has 0 spiro atoms. The average molecular weight is 330 g/mol. The minimum atomic E-state index is -0.408. The summed E-state index contributed by atoms with van der Waals surface area (Å²) in [4.78, 5) is 23.4. The summed E-state index contributed by atoms with van der Waals surface area (Å²) in [5.41, 5.74) is -0.227. The molecule has 1 saturated carbocycles. The fourth-order valence-corrected chi connectivity index (χ4v) is 2.65. The molecule has 6 heteroatoms. The summed E-state index contributed by atoms with van der Waals surface area (Å²) in [6, 6.07) is 3.05. The Kier molecular flexibility index (Phi) is 4.76. The van der Waals surface area contributed by atoms with Crippen LogP contribution in [-0.2, 0) is 20.8 Å². The van der Waals surface area contributed by atoms with Crippen molar-refractivity contribution in [1.29, 1.82) is 0 Å². The lowest BCUT2D eigenvalue weighted by Gasteiger charge is -2.18. The van der Waals surface area contributed by atoms with Gasteiger partial charge in [0.2, 0.25) is 0 Å². The normalized spacial score (nSPS) is 22.4. The largest absolute Gasteiger partial charge is 0.458 e. The standard InChI is InChI=1S/C13H16BrNO4/c1-18-10-3-2-4-11(10)19-13(17)8-15-7-9(14)5-6-12(15)16/h5-7,10-11H,2-4,8H2,1H3/t10-,11-/m1/s1. The van der Waals surface area contributed by atoms with E-state index in [0.29, 0.717) is 0 Å². The van der Waals surface area contributed by atoms with Gasteiger partial charge in [-0.2, -0.15) is 0 Å². The Hall–Kier alpha value is -1.14. The zero-order chi connectivity index (χ0) is 13.8. The maximum absolute atomic E-state index is 11.8. The first kappa shape index (κ1) is 14.3. The lowest BCUT2D eigenvalue weighted by molar-refractivity contribution is -0.155. The molecule has 2 rings (SSSR count). The van der Waals surface area contributed by atoms with Crippen LogP contribution in [0, 0.1) is 0 Å². The molecule has 0 aliphatic heterocycles. The summed E-state index contributed by atoms with van der Waals surface area (Å²) < 4.78 is 12.7. The second-order valence-electron chi connectivity index (χ2n) is 4.55. The first-order valence-corrected chi connectivity index (χ1v) is 6.97. The van der Waals surface area contributed by atoms with Crippen LogP contribution in [0.4, 0.5) is 0 Å². The van der Waals surface area contributed by atoms with Crippen LogP contribution in [0.25, 0.3) is 0 Å². The van der Waals surface area contributed by atoms with Gasteiger partial charge in [-0.25, -0.2) is 0 Å². The fraction of sp³-hybridized carbons (Fsp3) is 0.538. The Bertz CT molecular complexity index is 514. The van der Waals surface area contributed by atoms with Crippen molar-refractivity contribution in [3.8, 4) is 0 Å². The Labute approximate surface area is 119 Å². The third-order valence-corrected chi connectivity index (χ3v) is 3.69. The van der Waals surface area contributed by atoms with Crippen LogP contribution in [0.5, 0.6) is 0 Å². The summed E-state index contributed by atoms with van der Waals surface area (Å²) in [5, 5.41) is 0. The molecule has 2 atom stereocenters. The number of aromatic nitrogens is 1. The van der Waals surface area contributed by atoms with Crippen LogP contribution in [0.2, 0.25) is 0 Å². The SMILES string of the molecule is CO[C@@H]1CCC[C@H]1OC(=O)Cn1cc(Br)ccc1=O. The number of halogens is 1. The number of hydrogen-bond acceptors (Lipinski definition) is 4. The molecule has 0 bridgehead atoms. The van der Waals surface area contributed by atoms with Gasteiger partial charge in [0.25, 0.3) is 5.56 Å². The van der Waals surface area contributed by atoms with Gasteiger partial charge in [-0.05, 0) is 41.3 Å². The summed E-state index contributed by atoms with van der Waals surface area (Å²) in [6.07, 6.45) is 4.07. The van der Waals surface area contributed by atoms with Crippen LogP contribution < -0.4 is 5.56 Å². The molecule has 0 radical (unpaired) electrons. The Morgan fingerprint density at radius 2 is 2.16 bits per heavy atom. The van der Waals surface area contributed by atoms with Crippen molar-refractivity contribution in [2.45, 2.75) is 38.0 Å². The van der Waals surface area contributed by atoms with Crippen LogP contribution >= 0.6 is 15.9 Å². The topological polar surface area (TPSA) is 57.5 Å². The van der Waals surface area contributed by atoms with Crippen molar-refractivity contribution in [3.63, 3.8) is 0 Å². The molecule has 104 valence electrons. The van der Waals surface area contributed by atoms with Crippen LogP contribution in [0.3, 0.4) is 0 Å². The van der Waals surface area contributed by atoms with Crippen LogP contribution in [-0.4, -0.2) is 29.9 Å². The first-order chi connectivity index (χ1) is 9.10. The van der Waals surface area contributed by atoms with Gasteiger partial charge in [-0.15, -0.1) is 0 Å². The molecule has 1 aliphatic rings. The summed E-state index contributed by atoms with van der Waals surface area (Å²) >= 11 is 3.26. The Morgan fingerprint density at radius 3 is 2.89 bits per heavy atom. The molecule has 1 aliphatic carbocycles. The maximum atomic E-state index is 11.8. The highest BCUT2D eigenvalue weighted by atomic mass is 79.9. The van der Waals surface area contributed by atoms with Crippen molar-refractivity contribution in [3.05, 3.63) is 33.2 Å². The predicted molar refractivity (Wildman–Crippen MR) is 72.9 cm³/mol. The summed E-state index contributed by atoms with van der Waals surface area (Å²) in [7, 11) is 1.62. The number of nitrogens with zero attached hydrogens (tertiary/aromatic N) is 1. The van der Waals surface area contributed by atoms with Gasteiger partial charge in [0.05, 0.1) is 6.10 Å². The highest BCUT2D eigenvalue weighted by Gasteiger charge is 2.30. The van der Waals surface area contributed by atoms with Crippen molar-refractivity contribution >= 4 is 21.9 Å². The third-order valence-electron chi connectivity index (χ3n) is 3.22. The molecule has 5 nitrogen and oxygen atoms in total. The Morgan fingerprint density at radius 1 is 1.42 bits per heavy atom. The molecular weight excluding hydrogens is 314 g/mol. The van der Waals surface area contributed by atoms with Gasteiger partial charge in [0.15, 0.2) is 0 Å². The molecule has 0 amide bonds. The van der Waals surface area contributed by atoms with Crippen molar-refractivity contribution < 1.29 is 14.3 Å².